The van der Waals surface area contributed by atoms with Gasteiger partial charge in [-0.1, -0.05) is 42.1 Å². The van der Waals surface area contributed by atoms with Gasteiger partial charge in [0.2, 0.25) is 17.8 Å². The molecule has 1 aliphatic rings. The van der Waals surface area contributed by atoms with E-state index < -0.39 is 29.1 Å². The summed E-state index contributed by atoms with van der Waals surface area (Å²) < 4.78 is 13.2. The van der Waals surface area contributed by atoms with Gasteiger partial charge in [0.1, 0.15) is 11.6 Å². The van der Waals surface area contributed by atoms with E-state index in [-0.39, 0.29) is 23.8 Å². The van der Waals surface area contributed by atoms with E-state index in [4.69, 9.17) is 0 Å². The number of halogens is 1. The van der Waals surface area contributed by atoms with E-state index in [9.17, 15) is 18.8 Å². The Balaban J connectivity index is 1.41. The van der Waals surface area contributed by atoms with Crippen LogP contribution < -0.4 is 21.5 Å². The van der Waals surface area contributed by atoms with Gasteiger partial charge in [-0.3, -0.25) is 19.4 Å². The van der Waals surface area contributed by atoms with E-state index >= 15 is 0 Å². The molecule has 1 atom stereocenters. The highest BCUT2D eigenvalue weighted by Gasteiger charge is 2.35. The second-order valence-electron chi connectivity index (χ2n) is 8.01. The van der Waals surface area contributed by atoms with E-state index in [2.05, 4.69) is 25.9 Å². The fourth-order valence-corrected chi connectivity index (χ4v) is 4.74. The predicted molar refractivity (Wildman–Crippen MR) is 136 cm³/mol. The summed E-state index contributed by atoms with van der Waals surface area (Å²) in [7, 11) is 0. The zero-order valence-electron chi connectivity index (χ0n) is 18.7. The minimum atomic E-state index is -1.03. The van der Waals surface area contributed by atoms with Crippen LogP contribution in [0.3, 0.4) is 0 Å². The average molecular weight is 502 g/mol. The number of aromatic nitrogens is 2. The van der Waals surface area contributed by atoms with Crippen molar-refractivity contribution in [2.75, 3.05) is 16.0 Å². The Morgan fingerprint density at radius 3 is 2.47 bits per heavy atom. The maximum Gasteiger partial charge on any atom is 0.258 e. The van der Waals surface area contributed by atoms with Gasteiger partial charge in [-0.2, -0.15) is 4.98 Å². The number of carbonyl (C=O) groups excluding carboxylic acids is 2. The molecule has 0 unspecified atom stereocenters. The molecular formula is C26H20FN5O3S. The minimum Gasteiger partial charge on any atom is -0.326 e. The van der Waals surface area contributed by atoms with Crippen molar-refractivity contribution in [2.45, 2.75) is 22.1 Å². The van der Waals surface area contributed by atoms with Crippen molar-refractivity contribution in [3.63, 3.8) is 0 Å². The first-order chi connectivity index (χ1) is 17.5. The van der Waals surface area contributed by atoms with Gasteiger partial charge in [-0.15, -0.1) is 0 Å². The maximum absolute atomic E-state index is 13.3. The van der Waals surface area contributed by atoms with Crippen LogP contribution in [-0.2, 0) is 9.59 Å². The molecule has 5 rings (SSSR count). The first kappa shape index (κ1) is 23.3. The first-order valence-electron chi connectivity index (χ1n) is 11.1. The summed E-state index contributed by atoms with van der Waals surface area (Å²) in [6.07, 6.45) is -0.192. The molecule has 1 aliphatic heterocycles. The highest BCUT2D eigenvalue weighted by Crippen LogP contribution is 2.35. The van der Waals surface area contributed by atoms with Gasteiger partial charge >= 0.3 is 0 Å². The monoisotopic (exact) mass is 501 g/mol. The molecule has 10 heteroatoms. The molecule has 0 radical (unpaired) electrons. The van der Waals surface area contributed by atoms with Gasteiger partial charge in [0, 0.05) is 21.9 Å². The summed E-state index contributed by atoms with van der Waals surface area (Å²) in [6, 6.07) is 22.5. The van der Waals surface area contributed by atoms with Crippen molar-refractivity contribution in [1.29, 1.82) is 0 Å². The summed E-state index contributed by atoms with van der Waals surface area (Å²) in [4.78, 5) is 47.4. The van der Waals surface area contributed by atoms with Crippen molar-refractivity contribution in [3.8, 4) is 0 Å². The van der Waals surface area contributed by atoms with Gasteiger partial charge in [0.15, 0.2) is 0 Å². The van der Waals surface area contributed by atoms with Crippen LogP contribution in [0.25, 0.3) is 0 Å². The average Bonchev–Trinajstić information content (AvgIpc) is 2.86. The van der Waals surface area contributed by atoms with Crippen molar-refractivity contribution in [2.24, 2.45) is 0 Å². The van der Waals surface area contributed by atoms with Crippen molar-refractivity contribution < 1.29 is 14.0 Å². The Kier molecular flexibility index (Phi) is 6.50. The molecule has 36 heavy (non-hydrogen) atoms. The number of aromatic amines is 1. The molecule has 8 nitrogen and oxygen atoms in total. The lowest BCUT2D eigenvalue weighted by molar-refractivity contribution is -0.123. The van der Waals surface area contributed by atoms with Crippen molar-refractivity contribution in [3.05, 3.63) is 101 Å². The molecule has 0 aliphatic carbocycles. The molecule has 4 N–H and O–H groups in total. The van der Waals surface area contributed by atoms with Crippen LogP contribution in [0.4, 0.5) is 27.5 Å². The Labute approximate surface area is 209 Å². The molecule has 0 fully saturated rings. The Morgan fingerprint density at radius 2 is 1.69 bits per heavy atom. The number of hydrogen-bond acceptors (Lipinski definition) is 6. The number of benzene rings is 3. The number of nitrogens with one attached hydrogen (secondary N) is 4. The molecule has 1 aromatic heterocycles. The summed E-state index contributed by atoms with van der Waals surface area (Å²) in [5, 5.41) is 8.32. The Bertz CT molecular complexity index is 1490. The maximum atomic E-state index is 13.3. The van der Waals surface area contributed by atoms with Crippen molar-refractivity contribution in [1.82, 2.24) is 9.97 Å². The number of nitrogens with zero attached hydrogens (tertiary/aromatic N) is 1. The summed E-state index contributed by atoms with van der Waals surface area (Å²) >= 11 is 1.49. The van der Waals surface area contributed by atoms with Crippen LogP contribution in [0.5, 0.6) is 0 Å². The number of para-hydroxylation sites is 1. The quantitative estimate of drug-likeness (QED) is 0.300. The number of hydrogen-bond donors (Lipinski definition) is 4. The number of carbonyl (C=O) groups is 2. The molecule has 0 spiro atoms. The summed E-state index contributed by atoms with van der Waals surface area (Å²) in [5.41, 5.74) is 0.577. The predicted octanol–water partition coefficient (Wildman–Crippen LogP) is 4.87. The van der Waals surface area contributed by atoms with Crippen LogP contribution >= 0.6 is 11.8 Å². The third-order valence-corrected chi connectivity index (χ3v) is 6.57. The molecule has 0 saturated carbocycles. The molecule has 3 aromatic carbocycles. The molecule has 2 heterocycles. The highest BCUT2D eigenvalue weighted by molar-refractivity contribution is 7.99. The summed E-state index contributed by atoms with van der Waals surface area (Å²) in [6.45, 7) is 0. The second kappa shape index (κ2) is 10.0. The molecular weight excluding hydrogens is 481 g/mol. The number of anilines is 4. The number of amides is 2. The van der Waals surface area contributed by atoms with Crippen LogP contribution in [0.15, 0.2) is 93.4 Å². The van der Waals surface area contributed by atoms with Gasteiger partial charge in [-0.05, 0) is 48.5 Å². The first-order valence-corrected chi connectivity index (χ1v) is 11.9. The number of rotatable bonds is 6. The van der Waals surface area contributed by atoms with E-state index in [1.54, 1.807) is 12.1 Å². The lowest BCUT2D eigenvalue weighted by Gasteiger charge is -2.24. The molecule has 0 saturated heterocycles. The Hall–Kier alpha value is -4.44. The van der Waals surface area contributed by atoms with Gasteiger partial charge in [-0.25, -0.2) is 4.39 Å². The van der Waals surface area contributed by atoms with Crippen LogP contribution in [0.2, 0.25) is 0 Å². The third kappa shape index (κ3) is 5.13. The zero-order chi connectivity index (χ0) is 25.1. The van der Waals surface area contributed by atoms with E-state index in [1.807, 2.05) is 42.5 Å². The number of fused-ring (bicyclic) bond motifs is 1. The van der Waals surface area contributed by atoms with Crippen molar-refractivity contribution >= 4 is 46.7 Å². The van der Waals surface area contributed by atoms with Crippen LogP contribution in [0, 0.1) is 5.82 Å². The SMILES string of the molecule is O=C1C[C@H](C(=O)Nc2ccccc2Sc2ccccc2)c2c(nc(Nc3ccc(F)cc3)[nH]c2=O)N1. The minimum absolute atomic E-state index is 0.00621. The molecule has 180 valence electrons. The number of H-pyrrole nitrogens is 1. The molecule has 4 aromatic rings. The topological polar surface area (TPSA) is 116 Å². The zero-order valence-corrected chi connectivity index (χ0v) is 19.6. The van der Waals surface area contributed by atoms with Gasteiger partial charge in [0.25, 0.3) is 5.56 Å². The largest absolute Gasteiger partial charge is 0.326 e. The van der Waals surface area contributed by atoms with Crippen LogP contribution in [0.1, 0.15) is 17.9 Å². The lowest BCUT2D eigenvalue weighted by atomic mass is 9.92. The van der Waals surface area contributed by atoms with E-state index in [1.165, 1.54) is 36.0 Å². The van der Waals surface area contributed by atoms with E-state index in [0.717, 1.165) is 9.79 Å². The lowest BCUT2D eigenvalue weighted by Crippen LogP contribution is -2.36. The van der Waals surface area contributed by atoms with Crippen LogP contribution in [-0.4, -0.2) is 21.8 Å². The molecule has 0 bridgehead atoms. The fraction of sp³-hybridized carbons (Fsp3) is 0.0769. The molecule has 2 amide bonds. The normalized spacial score (nSPS) is 14.5. The van der Waals surface area contributed by atoms with Gasteiger partial charge < -0.3 is 16.0 Å². The smallest absolute Gasteiger partial charge is 0.258 e. The second-order valence-corrected chi connectivity index (χ2v) is 9.13. The Morgan fingerprint density at radius 1 is 0.972 bits per heavy atom. The third-order valence-electron chi connectivity index (χ3n) is 5.49. The standard InChI is InChI=1S/C26H20FN5O3S/c27-15-10-12-16(13-11-15)28-26-31-23-22(25(35)32-26)18(14-21(33)30-23)24(34)29-19-8-4-5-9-20(19)36-17-6-2-1-3-7-17/h1-13,18H,14H2,(H,29,34)(H3,28,30,31,32,33,35)/t18-/m0/s1. The highest BCUT2D eigenvalue weighted by atomic mass is 32.2. The van der Waals surface area contributed by atoms with Gasteiger partial charge in [0.05, 0.1) is 17.2 Å². The van der Waals surface area contributed by atoms with E-state index in [0.29, 0.717) is 11.4 Å². The summed E-state index contributed by atoms with van der Waals surface area (Å²) in [5.74, 6) is -2.29. The fourth-order valence-electron chi connectivity index (χ4n) is 3.82.